The van der Waals surface area contributed by atoms with Crippen molar-refractivity contribution in [2.75, 3.05) is 6.61 Å². The number of carbonyl (C=O) groups excluding carboxylic acids is 1. The van der Waals surface area contributed by atoms with Crippen molar-refractivity contribution in [1.82, 2.24) is 0 Å². The van der Waals surface area contributed by atoms with Gasteiger partial charge in [0.2, 0.25) is 0 Å². The van der Waals surface area contributed by atoms with Crippen LogP contribution < -0.4 is 4.74 Å². The van der Waals surface area contributed by atoms with E-state index in [0.717, 1.165) is 32.1 Å². The second-order valence-electron chi connectivity index (χ2n) is 12.4. The lowest BCUT2D eigenvalue weighted by atomic mass is 9.47. The fourth-order valence-electron chi connectivity index (χ4n) is 7.73. The van der Waals surface area contributed by atoms with Gasteiger partial charge in [-0.3, -0.25) is 0 Å². The highest BCUT2D eigenvalue weighted by molar-refractivity contribution is 7.97. The Morgan fingerprint density at radius 3 is 1.89 bits per heavy atom. The number of hydrogen-bond acceptors (Lipinski definition) is 4. The summed E-state index contributed by atoms with van der Waals surface area (Å²) in [6, 6.07) is 25.6. The molecule has 4 fully saturated rings. The van der Waals surface area contributed by atoms with Crippen molar-refractivity contribution in [3.8, 4) is 5.75 Å². The molecule has 3 aromatic rings. The van der Waals surface area contributed by atoms with E-state index in [1.54, 1.807) is 0 Å². The third-order valence-electron chi connectivity index (χ3n) is 8.53. The molecule has 4 saturated carbocycles. The van der Waals surface area contributed by atoms with Crippen molar-refractivity contribution in [3.63, 3.8) is 0 Å². The average Bonchev–Trinajstić information content (AvgIpc) is 2.83. The summed E-state index contributed by atoms with van der Waals surface area (Å²) in [7, 11) is -0.239. The average molecular weight is 530 g/mol. The fourth-order valence-corrected chi connectivity index (χ4v) is 9.77. The van der Waals surface area contributed by atoms with Crippen LogP contribution in [0.25, 0.3) is 0 Å². The van der Waals surface area contributed by atoms with Crippen LogP contribution in [-0.4, -0.2) is 28.9 Å². The van der Waals surface area contributed by atoms with Gasteiger partial charge in [-0.05, 0) is 106 Å². The minimum atomic E-state index is -0.683. The summed E-state index contributed by atoms with van der Waals surface area (Å²) in [4.78, 5) is 16.6. The molecule has 4 atom stereocenters. The van der Waals surface area contributed by atoms with Gasteiger partial charge < -0.3 is 14.6 Å². The van der Waals surface area contributed by atoms with E-state index in [1.165, 1.54) is 25.8 Å². The van der Waals surface area contributed by atoms with Crippen LogP contribution in [0.4, 0.5) is 0 Å². The lowest BCUT2D eigenvalue weighted by molar-refractivity contribution is -0.239. The van der Waals surface area contributed by atoms with Crippen molar-refractivity contribution in [3.05, 3.63) is 83.9 Å². The van der Waals surface area contributed by atoms with Gasteiger partial charge in [-0.15, -0.1) is 0 Å². The molecule has 38 heavy (non-hydrogen) atoms. The SMILES string of the molecule is Cc1ccc([S+](c2ccc(C)cc2)c2ccc(OCC(=O)OC34CC5CC(C)(CC(O)(C5)C3)C4)cc2)cc1. The van der Waals surface area contributed by atoms with Crippen LogP contribution in [0.5, 0.6) is 5.75 Å². The van der Waals surface area contributed by atoms with Crippen molar-refractivity contribution >= 4 is 16.9 Å². The minimum absolute atomic E-state index is 0.0668. The number of esters is 1. The first kappa shape index (κ1) is 25.5. The second-order valence-corrected chi connectivity index (χ2v) is 14.4. The van der Waals surface area contributed by atoms with Crippen molar-refractivity contribution < 1.29 is 19.4 Å². The first-order chi connectivity index (χ1) is 18.1. The molecule has 0 spiro atoms. The summed E-state index contributed by atoms with van der Waals surface area (Å²) < 4.78 is 12.0. The van der Waals surface area contributed by atoms with Crippen LogP contribution in [0.15, 0.2) is 87.5 Å². The lowest BCUT2D eigenvalue weighted by Gasteiger charge is -2.63. The van der Waals surface area contributed by atoms with E-state index >= 15 is 0 Å². The van der Waals surface area contributed by atoms with Gasteiger partial charge in [-0.2, -0.15) is 0 Å². The minimum Gasteiger partial charge on any atom is -0.482 e. The highest BCUT2D eigenvalue weighted by Crippen LogP contribution is 2.64. The normalized spacial score (nSPS) is 29.4. The molecule has 0 radical (unpaired) electrons. The molecule has 0 aliphatic heterocycles. The maximum atomic E-state index is 12.9. The Labute approximate surface area is 228 Å². The Morgan fingerprint density at radius 1 is 0.816 bits per heavy atom. The van der Waals surface area contributed by atoms with Crippen LogP contribution in [0.1, 0.15) is 56.6 Å². The highest BCUT2D eigenvalue weighted by Gasteiger charge is 2.63. The van der Waals surface area contributed by atoms with Gasteiger partial charge >= 0.3 is 5.97 Å². The smallest absolute Gasteiger partial charge is 0.344 e. The van der Waals surface area contributed by atoms with Gasteiger partial charge in [-0.25, -0.2) is 4.79 Å². The number of benzene rings is 3. The van der Waals surface area contributed by atoms with E-state index in [-0.39, 0.29) is 28.9 Å². The molecule has 7 rings (SSSR count). The Hall–Kier alpha value is -2.76. The van der Waals surface area contributed by atoms with E-state index in [2.05, 4.69) is 81.4 Å². The molecule has 4 aliphatic carbocycles. The summed E-state index contributed by atoms with van der Waals surface area (Å²) in [5, 5.41) is 11.1. The zero-order chi connectivity index (χ0) is 26.5. The monoisotopic (exact) mass is 529 g/mol. The third-order valence-corrected chi connectivity index (χ3v) is 10.8. The number of hydrogen-bond donors (Lipinski definition) is 1. The summed E-state index contributed by atoms with van der Waals surface area (Å²) >= 11 is 0. The Balaban J connectivity index is 1.14. The Morgan fingerprint density at radius 2 is 1.37 bits per heavy atom. The first-order valence-corrected chi connectivity index (χ1v) is 14.9. The summed E-state index contributed by atoms with van der Waals surface area (Å²) in [6.07, 6.45) is 5.07. The van der Waals surface area contributed by atoms with Gasteiger partial charge in [0.25, 0.3) is 0 Å². The van der Waals surface area contributed by atoms with Gasteiger partial charge in [-0.1, -0.05) is 42.3 Å². The van der Waals surface area contributed by atoms with Crippen molar-refractivity contribution in [2.45, 2.75) is 85.2 Å². The molecule has 3 aromatic carbocycles. The molecule has 0 saturated heterocycles. The van der Waals surface area contributed by atoms with E-state index in [0.29, 0.717) is 18.1 Å². The first-order valence-electron chi connectivity index (χ1n) is 13.7. The summed E-state index contributed by atoms with van der Waals surface area (Å²) in [5.41, 5.74) is 1.33. The number of rotatable bonds is 7. The maximum Gasteiger partial charge on any atom is 0.344 e. The number of ether oxygens (including phenoxy) is 2. The molecule has 5 heteroatoms. The summed E-state index contributed by atoms with van der Waals surface area (Å²) in [6.45, 7) is 6.33. The van der Waals surface area contributed by atoms with Crippen LogP contribution in [0.2, 0.25) is 0 Å². The molecule has 4 bridgehead atoms. The maximum absolute atomic E-state index is 12.9. The molecular weight excluding hydrogens is 492 g/mol. The summed E-state index contributed by atoms with van der Waals surface area (Å²) in [5.74, 6) is 0.749. The number of aliphatic hydroxyl groups is 1. The molecule has 0 heterocycles. The van der Waals surface area contributed by atoms with Gasteiger partial charge in [0, 0.05) is 6.42 Å². The van der Waals surface area contributed by atoms with Crippen molar-refractivity contribution in [2.24, 2.45) is 11.3 Å². The van der Waals surface area contributed by atoms with Gasteiger partial charge in [0.1, 0.15) is 11.4 Å². The third kappa shape index (κ3) is 5.11. The second kappa shape index (κ2) is 9.46. The van der Waals surface area contributed by atoms with Crippen LogP contribution in [-0.2, 0) is 20.4 Å². The molecule has 4 unspecified atom stereocenters. The largest absolute Gasteiger partial charge is 0.482 e. The van der Waals surface area contributed by atoms with E-state index in [9.17, 15) is 9.90 Å². The fraction of sp³-hybridized carbons (Fsp3) is 0.424. The molecule has 4 aliphatic rings. The van der Waals surface area contributed by atoms with E-state index < -0.39 is 11.2 Å². The van der Waals surface area contributed by atoms with Crippen LogP contribution in [0, 0.1) is 25.2 Å². The molecule has 1 N–H and O–H groups in total. The van der Waals surface area contributed by atoms with Gasteiger partial charge in [0.05, 0.1) is 16.5 Å². The Bertz CT molecular complexity index is 1250. The van der Waals surface area contributed by atoms with E-state index in [4.69, 9.17) is 9.47 Å². The quantitative estimate of drug-likeness (QED) is 0.270. The number of aryl methyl sites for hydroxylation is 2. The molecular formula is C33H37O4S+. The predicted octanol–water partition coefficient (Wildman–Crippen LogP) is 6.79. The molecule has 0 aromatic heterocycles. The van der Waals surface area contributed by atoms with Crippen LogP contribution >= 0.6 is 0 Å². The lowest BCUT2D eigenvalue weighted by Crippen LogP contribution is -2.63. The predicted molar refractivity (Wildman–Crippen MR) is 150 cm³/mol. The molecule has 0 amide bonds. The zero-order valence-corrected chi connectivity index (χ0v) is 23.4. The zero-order valence-electron chi connectivity index (χ0n) is 22.5. The van der Waals surface area contributed by atoms with Gasteiger partial charge in [0.15, 0.2) is 21.3 Å². The topological polar surface area (TPSA) is 55.8 Å². The molecule has 4 nitrogen and oxygen atoms in total. The Kier molecular flexibility index (Phi) is 6.35. The van der Waals surface area contributed by atoms with E-state index in [1.807, 2.05) is 12.1 Å². The standard InChI is InChI=1S/C33H37O4S/c1-23-4-10-27(11-5-23)38(28-12-6-24(2)7-13-28)29-14-8-26(9-15-29)36-19-30(34)37-33-18-25-16-31(3,21-33)20-32(35,17-25)22-33/h4-15,25,35H,16-22H2,1-3H3/q+1. The van der Waals surface area contributed by atoms with Crippen molar-refractivity contribution in [1.29, 1.82) is 0 Å². The highest BCUT2D eigenvalue weighted by atomic mass is 32.2. The number of carbonyl (C=O) groups is 1. The van der Waals surface area contributed by atoms with Crippen LogP contribution in [0.3, 0.4) is 0 Å². The molecule has 198 valence electrons.